The Morgan fingerprint density at radius 1 is 1.33 bits per heavy atom. The molecule has 1 aromatic rings. The molecule has 0 bridgehead atoms. The van der Waals surface area contributed by atoms with Gasteiger partial charge < -0.3 is 15.5 Å². The first-order valence-corrected chi connectivity index (χ1v) is 8.37. The van der Waals surface area contributed by atoms with Crippen molar-refractivity contribution in [3.8, 4) is 0 Å². The largest absolute Gasteiger partial charge is 0.356 e. The predicted octanol–water partition coefficient (Wildman–Crippen LogP) is 0.210. The molecule has 0 spiro atoms. The quantitative estimate of drug-likeness (QED) is 0.399. The van der Waals surface area contributed by atoms with Crippen LogP contribution < -0.4 is 10.6 Å². The number of hydrogen-bond acceptors (Lipinski definition) is 6. The van der Waals surface area contributed by atoms with E-state index in [2.05, 4.69) is 20.6 Å². The minimum atomic E-state index is -0.426. The molecule has 24 heavy (non-hydrogen) atoms. The third-order valence-corrected chi connectivity index (χ3v) is 4.26. The maximum absolute atomic E-state index is 11.9. The van der Waals surface area contributed by atoms with Crippen LogP contribution in [-0.4, -0.2) is 64.8 Å². The highest BCUT2D eigenvalue weighted by molar-refractivity contribution is 5.75. The van der Waals surface area contributed by atoms with Gasteiger partial charge in [0.2, 0.25) is 5.91 Å². The number of hydrogen-bond donors (Lipinski definition) is 2. The molecule has 2 heterocycles. The minimum Gasteiger partial charge on any atom is -0.356 e. The van der Waals surface area contributed by atoms with Gasteiger partial charge in [-0.3, -0.25) is 19.6 Å². The minimum absolute atomic E-state index is 0.0337. The molecule has 9 nitrogen and oxygen atoms in total. The van der Waals surface area contributed by atoms with Crippen molar-refractivity contribution in [2.75, 3.05) is 39.3 Å². The Bertz CT molecular complexity index is 580. The first-order chi connectivity index (χ1) is 11.5. The van der Waals surface area contributed by atoms with Gasteiger partial charge in [-0.1, -0.05) is 0 Å². The van der Waals surface area contributed by atoms with E-state index in [1.54, 1.807) is 13.8 Å². The molecule has 0 radical (unpaired) electrons. The molecular formula is C15H26N6O3. The molecule has 0 aromatic carbocycles. The second kappa shape index (κ2) is 8.74. The van der Waals surface area contributed by atoms with Crippen molar-refractivity contribution < 1.29 is 9.72 Å². The summed E-state index contributed by atoms with van der Waals surface area (Å²) < 4.78 is 1.54. The van der Waals surface area contributed by atoms with Gasteiger partial charge >= 0.3 is 5.69 Å². The maximum Gasteiger partial charge on any atom is 0.312 e. The Morgan fingerprint density at radius 2 is 2.04 bits per heavy atom. The van der Waals surface area contributed by atoms with Crippen molar-refractivity contribution in [3.05, 3.63) is 21.5 Å². The molecule has 2 rings (SSSR count). The van der Waals surface area contributed by atoms with Gasteiger partial charge in [0.25, 0.3) is 0 Å². The number of piperazine rings is 1. The van der Waals surface area contributed by atoms with E-state index in [1.165, 1.54) is 4.68 Å². The van der Waals surface area contributed by atoms with Gasteiger partial charge in [0.15, 0.2) is 0 Å². The third-order valence-electron chi connectivity index (χ3n) is 4.26. The van der Waals surface area contributed by atoms with Crippen LogP contribution in [0.25, 0.3) is 0 Å². The molecule has 1 saturated heterocycles. The Hall–Kier alpha value is -2.00. The first kappa shape index (κ1) is 18.3. The predicted molar refractivity (Wildman–Crippen MR) is 89.9 cm³/mol. The van der Waals surface area contributed by atoms with E-state index in [0.29, 0.717) is 24.5 Å². The molecule has 0 aliphatic carbocycles. The van der Waals surface area contributed by atoms with Crippen LogP contribution in [-0.2, 0) is 11.3 Å². The van der Waals surface area contributed by atoms with Crippen LogP contribution in [0.2, 0.25) is 0 Å². The first-order valence-electron chi connectivity index (χ1n) is 8.37. The maximum atomic E-state index is 11.9. The summed E-state index contributed by atoms with van der Waals surface area (Å²) in [6.07, 6.45) is 1.20. The van der Waals surface area contributed by atoms with E-state index < -0.39 is 4.92 Å². The van der Waals surface area contributed by atoms with Crippen molar-refractivity contribution in [1.29, 1.82) is 0 Å². The fourth-order valence-corrected chi connectivity index (χ4v) is 2.93. The van der Waals surface area contributed by atoms with E-state index in [-0.39, 0.29) is 18.0 Å². The number of amides is 1. The fourth-order valence-electron chi connectivity index (χ4n) is 2.93. The normalized spacial score (nSPS) is 15.4. The second-order valence-electron chi connectivity index (χ2n) is 6.04. The molecular weight excluding hydrogens is 312 g/mol. The van der Waals surface area contributed by atoms with E-state index in [9.17, 15) is 14.9 Å². The average molecular weight is 338 g/mol. The number of aryl methyl sites for hydroxylation is 2. The summed E-state index contributed by atoms with van der Waals surface area (Å²) in [4.78, 5) is 24.8. The lowest BCUT2D eigenvalue weighted by Crippen LogP contribution is -2.44. The number of nitro groups is 1. The van der Waals surface area contributed by atoms with Gasteiger partial charge in [-0.15, -0.1) is 0 Å². The summed E-state index contributed by atoms with van der Waals surface area (Å²) in [5.74, 6) is -0.0504. The van der Waals surface area contributed by atoms with Crippen molar-refractivity contribution >= 4 is 11.6 Å². The molecule has 1 amide bonds. The van der Waals surface area contributed by atoms with Crippen molar-refractivity contribution in [1.82, 2.24) is 25.3 Å². The van der Waals surface area contributed by atoms with Crippen LogP contribution in [0.1, 0.15) is 24.2 Å². The zero-order chi connectivity index (χ0) is 17.5. The summed E-state index contributed by atoms with van der Waals surface area (Å²) in [5.41, 5.74) is 0.907. The lowest BCUT2D eigenvalue weighted by atomic mass is 10.3. The van der Waals surface area contributed by atoms with Crippen LogP contribution in [0.5, 0.6) is 0 Å². The van der Waals surface area contributed by atoms with E-state index in [4.69, 9.17) is 0 Å². The van der Waals surface area contributed by atoms with Crippen LogP contribution >= 0.6 is 0 Å². The molecule has 0 unspecified atom stereocenters. The Kier molecular flexibility index (Phi) is 6.68. The number of nitrogens with one attached hydrogen (secondary N) is 2. The van der Waals surface area contributed by atoms with Gasteiger partial charge in [-0.05, 0) is 26.8 Å². The number of nitrogens with zero attached hydrogens (tertiary/aromatic N) is 4. The molecule has 134 valence electrons. The van der Waals surface area contributed by atoms with Gasteiger partial charge in [0.05, 0.1) is 11.5 Å². The number of rotatable bonds is 8. The Balaban J connectivity index is 1.68. The van der Waals surface area contributed by atoms with Crippen LogP contribution in [0.4, 0.5) is 5.69 Å². The molecule has 1 aliphatic heterocycles. The molecule has 1 fully saturated rings. The highest BCUT2D eigenvalue weighted by Crippen LogP contribution is 2.21. The number of carbonyl (C=O) groups excluding carboxylic acids is 1. The zero-order valence-electron chi connectivity index (χ0n) is 14.4. The monoisotopic (exact) mass is 338 g/mol. The van der Waals surface area contributed by atoms with Crippen molar-refractivity contribution in [3.63, 3.8) is 0 Å². The summed E-state index contributed by atoms with van der Waals surface area (Å²) in [7, 11) is 0. The SMILES string of the molecule is Cc1nn(CCC(=O)NCCCN2CCNCC2)c(C)c1[N+](=O)[O-]. The summed E-state index contributed by atoms with van der Waals surface area (Å²) in [5, 5.41) is 21.3. The van der Waals surface area contributed by atoms with Gasteiger partial charge in [-0.2, -0.15) is 5.10 Å². The average Bonchev–Trinajstić information content (AvgIpc) is 2.84. The lowest BCUT2D eigenvalue weighted by molar-refractivity contribution is -0.386. The van der Waals surface area contributed by atoms with Gasteiger partial charge in [0.1, 0.15) is 11.4 Å². The summed E-state index contributed by atoms with van der Waals surface area (Å²) in [6, 6.07) is 0. The van der Waals surface area contributed by atoms with Crippen LogP contribution in [0, 0.1) is 24.0 Å². The Morgan fingerprint density at radius 3 is 2.67 bits per heavy atom. The number of carbonyl (C=O) groups is 1. The van der Waals surface area contributed by atoms with Gasteiger partial charge in [0, 0.05) is 39.1 Å². The molecule has 1 aliphatic rings. The van der Waals surface area contributed by atoms with E-state index in [0.717, 1.165) is 39.1 Å². The van der Waals surface area contributed by atoms with Gasteiger partial charge in [-0.25, -0.2) is 0 Å². The fraction of sp³-hybridized carbons (Fsp3) is 0.733. The molecule has 9 heteroatoms. The molecule has 2 N–H and O–H groups in total. The van der Waals surface area contributed by atoms with Crippen molar-refractivity contribution in [2.45, 2.75) is 33.2 Å². The Labute approximate surface area is 141 Å². The van der Waals surface area contributed by atoms with E-state index >= 15 is 0 Å². The topological polar surface area (TPSA) is 105 Å². The summed E-state index contributed by atoms with van der Waals surface area (Å²) >= 11 is 0. The smallest absolute Gasteiger partial charge is 0.312 e. The highest BCUT2D eigenvalue weighted by atomic mass is 16.6. The van der Waals surface area contributed by atoms with E-state index in [1.807, 2.05) is 0 Å². The summed E-state index contributed by atoms with van der Waals surface area (Å²) in [6.45, 7) is 9.44. The standard InChI is InChI=1S/C15H26N6O3/c1-12-15(21(23)24)13(2)20(18-12)9-4-14(22)17-5-3-8-19-10-6-16-7-11-19/h16H,3-11H2,1-2H3,(H,17,22). The highest BCUT2D eigenvalue weighted by Gasteiger charge is 2.21. The second-order valence-corrected chi connectivity index (χ2v) is 6.04. The van der Waals surface area contributed by atoms with Crippen LogP contribution in [0.15, 0.2) is 0 Å². The third kappa shape index (κ3) is 5.00. The lowest BCUT2D eigenvalue weighted by Gasteiger charge is -2.27. The number of aromatic nitrogens is 2. The molecule has 0 atom stereocenters. The molecule has 0 saturated carbocycles. The molecule has 1 aromatic heterocycles. The van der Waals surface area contributed by atoms with Crippen molar-refractivity contribution in [2.24, 2.45) is 0 Å². The van der Waals surface area contributed by atoms with Crippen LogP contribution in [0.3, 0.4) is 0 Å². The zero-order valence-corrected chi connectivity index (χ0v) is 14.4.